The highest BCUT2D eigenvalue weighted by molar-refractivity contribution is 9.10. The summed E-state index contributed by atoms with van der Waals surface area (Å²) < 4.78 is 39.2. The normalized spacial score (nSPS) is 11.4. The summed E-state index contributed by atoms with van der Waals surface area (Å²) in [5.74, 6) is -1.05. The van der Waals surface area contributed by atoms with Gasteiger partial charge in [-0.3, -0.25) is 4.79 Å². The van der Waals surface area contributed by atoms with E-state index in [0.717, 1.165) is 17.4 Å². The van der Waals surface area contributed by atoms with Gasteiger partial charge < -0.3 is 10.4 Å². The molecule has 2 aromatic rings. The number of nitrogens with one attached hydrogen (secondary N) is 1. The van der Waals surface area contributed by atoms with E-state index < -0.39 is 17.7 Å². The smallest absolute Gasteiger partial charge is 0.418 e. The summed E-state index contributed by atoms with van der Waals surface area (Å²) >= 11 is 4.04. The fourth-order valence-electron chi connectivity index (χ4n) is 1.58. The summed E-state index contributed by atoms with van der Waals surface area (Å²) in [6.07, 6.45) is -4.78. The van der Waals surface area contributed by atoms with Gasteiger partial charge in [-0.1, -0.05) is 15.9 Å². The zero-order chi connectivity index (χ0) is 15.6. The number of carboxylic acids is 1. The Labute approximate surface area is 129 Å². The van der Waals surface area contributed by atoms with Crippen LogP contribution in [0.2, 0.25) is 0 Å². The molecule has 112 valence electrons. The van der Waals surface area contributed by atoms with Gasteiger partial charge in [-0.05, 0) is 18.2 Å². The quantitative estimate of drug-likeness (QED) is 0.830. The Morgan fingerprint density at radius 1 is 1.43 bits per heavy atom. The number of aromatic nitrogens is 1. The van der Waals surface area contributed by atoms with Crippen LogP contribution in [0.1, 0.15) is 11.3 Å². The summed E-state index contributed by atoms with van der Waals surface area (Å²) in [7, 11) is 0. The number of carbonyl (C=O) groups is 1. The average Bonchev–Trinajstić information content (AvgIpc) is 2.76. The number of thiazole rings is 1. The molecule has 21 heavy (non-hydrogen) atoms. The maximum Gasteiger partial charge on any atom is 0.418 e. The van der Waals surface area contributed by atoms with Crippen LogP contribution in [0.15, 0.2) is 28.1 Å². The predicted molar refractivity (Wildman–Crippen MR) is 75.9 cm³/mol. The molecule has 0 aliphatic heterocycles. The second-order valence-corrected chi connectivity index (χ2v) is 5.80. The van der Waals surface area contributed by atoms with Crippen LogP contribution in [0.5, 0.6) is 0 Å². The van der Waals surface area contributed by atoms with Crippen molar-refractivity contribution in [1.29, 1.82) is 0 Å². The molecule has 1 aromatic heterocycles. The third kappa shape index (κ3) is 4.18. The average molecular weight is 381 g/mol. The van der Waals surface area contributed by atoms with E-state index in [0.29, 0.717) is 10.2 Å². The molecular formula is C12H8BrF3N2O2S. The number of alkyl halides is 3. The van der Waals surface area contributed by atoms with E-state index in [1.54, 1.807) is 0 Å². The molecule has 2 N–H and O–H groups in total. The van der Waals surface area contributed by atoms with Crippen LogP contribution in [-0.2, 0) is 17.4 Å². The molecule has 1 aromatic carbocycles. The van der Waals surface area contributed by atoms with E-state index in [1.165, 1.54) is 17.5 Å². The van der Waals surface area contributed by atoms with E-state index in [1.807, 2.05) is 0 Å². The van der Waals surface area contributed by atoms with Gasteiger partial charge in [0.2, 0.25) is 0 Å². The van der Waals surface area contributed by atoms with Gasteiger partial charge in [0.25, 0.3) is 0 Å². The molecular weight excluding hydrogens is 373 g/mol. The first kappa shape index (κ1) is 15.8. The van der Waals surface area contributed by atoms with Crippen molar-refractivity contribution < 1.29 is 23.1 Å². The molecule has 0 spiro atoms. The molecule has 1 heterocycles. The number of benzene rings is 1. The lowest BCUT2D eigenvalue weighted by Gasteiger charge is -2.13. The number of anilines is 2. The third-order valence-corrected chi connectivity index (χ3v) is 3.71. The van der Waals surface area contributed by atoms with Crippen LogP contribution < -0.4 is 5.32 Å². The van der Waals surface area contributed by atoms with E-state index in [2.05, 4.69) is 26.2 Å². The lowest BCUT2D eigenvalue weighted by Crippen LogP contribution is -2.09. The fourth-order valence-corrected chi connectivity index (χ4v) is 2.66. The van der Waals surface area contributed by atoms with E-state index in [9.17, 15) is 18.0 Å². The van der Waals surface area contributed by atoms with Gasteiger partial charge in [0, 0.05) is 9.85 Å². The summed E-state index contributed by atoms with van der Waals surface area (Å²) in [6, 6.07) is 3.72. The Hall–Kier alpha value is -1.61. The van der Waals surface area contributed by atoms with Gasteiger partial charge >= 0.3 is 12.1 Å². The number of halogens is 4. The minimum Gasteiger partial charge on any atom is -0.481 e. The van der Waals surface area contributed by atoms with Crippen molar-refractivity contribution in [3.63, 3.8) is 0 Å². The summed E-state index contributed by atoms with van der Waals surface area (Å²) in [6.45, 7) is 0. The van der Waals surface area contributed by atoms with Crippen LogP contribution in [0.4, 0.5) is 24.0 Å². The lowest BCUT2D eigenvalue weighted by molar-refractivity contribution is -0.137. The van der Waals surface area contributed by atoms with Crippen LogP contribution in [0.25, 0.3) is 0 Å². The highest BCUT2D eigenvalue weighted by Gasteiger charge is 2.34. The Balaban J connectivity index is 2.27. The highest BCUT2D eigenvalue weighted by Crippen LogP contribution is 2.38. The highest BCUT2D eigenvalue weighted by atomic mass is 79.9. The standard InChI is InChI=1S/C12H8BrF3N2O2S/c13-6-1-2-9(8(3-6)12(14,15)16)18-11-17-7(5-21-11)4-10(19)20/h1-3,5H,4H2,(H,17,18)(H,19,20). The van der Waals surface area contributed by atoms with Gasteiger partial charge in [0.1, 0.15) is 0 Å². The van der Waals surface area contributed by atoms with E-state index >= 15 is 0 Å². The van der Waals surface area contributed by atoms with Crippen LogP contribution in [-0.4, -0.2) is 16.1 Å². The predicted octanol–water partition coefficient (Wildman–Crippen LogP) is 4.30. The van der Waals surface area contributed by atoms with Crippen LogP contribution in [0, 0.1) is 0 Å². The van der Waals surface area contributed by atoms with E-state index in [-0.39, 0.29) is 17.2 Å². The molecule has 0 unspecified atom stereocenters. The molecule has 9 heteroatoms. The van der Waals surface area contributed by atoms with Crippen molar-refractivity contribution in [3.05, 3.63) is 39.3 Å². The molecule has 0 saturated carbocycles. The van der Waals surface area contributed by atoms with Gasteiger partial charge in [-0.25, -0.2) is 4.98 Å². The first-order chi connectivity index (χ1) is 9.75. The molecule has 2 rings (SSSR count). The minimum atomic E-state index is -4.51. The van der Waals surface area contributed by atoms with Crippen molar-refractivity contribution in [1.82, 2.24) is 4.98 Å². The number of carboxylic acid groups (broad SMARTS) is 1. The SMILES string of the molecule is O=C(O)Cc1csc(Nc2ccc(Br)cc2C(F)(F)F)n1. The molecule has 0 radical (unpaired) electrons. The Bertz CT molecular complexity index is 673. The molecule has 0 bridgehead atoms. The Morgan fingerprint density at radius 3 is 2.76 bits per heavy atom. The number of rotatable bonds is 4. The molecule has 0 fully saturated rings. The number of hydrogen-bond donors (Lipinski definition) is 2. The largest absolute Gasteiger partial charge is 0.481 e. The second-order valence-electron chi connectivity index (χ2n) is 4.03. The molecule has 0 saturated heterocycles. The summed E-state index contributed by atoms with van der Waals surface area (Å²) in [4.78, 5) is 14.5. The number of aliphatic carboxylic acids is 1. The topological polar surface area (TPSA) is 62.2 Å². The second kappa shape index (κ2) is 6.02. The molecule has 0 aliphatic rings. The van der Waals surface area contributed by atoms with Crippen molar-refractivity contribution >= 4 is 44.1 Å². The van der Waals surface area contributed by atoms with Gasteiger partial charge in [0.05, 0.1) is 23.4 Å². The number of nitrogens with zero attached hydrogens (tertiary/aromatic N) is 1. The van der Waals surface area contributed by atoms with Gasteiger partial charge in [0.15, 0.2) is 5.13 Å². The van der Waals surface area contributed by atoms with Crippen molar-refractivity contribution in [2.24, 2.45) is 0 Å². The lowest BCUT2D eigenvalue weighted by atomic mass is 10.1. The summed E-state index contributed by atoms with van der Waals surface area (Å²) in [5, 5.41) is 12.9. The molecule has 0 atom stereocenters. The Morgan fingerprint density at radius 2 is 2.14 bits per heavy atom. The maximum absolute atomic E-state index is 13.0. The third-order valence-electron chi connectivity index (χ3n) is 2.41. The number of hydrogen-bond acceptors (Lipinski definition) is 4. The maximum atomic E-state index is 13.0. The first-order valence-corrected chi connectivity index (χ1v) is 7.23. The zero-order valence-electron chi connectivity index (χ0n) is 10.2. The Kier molecular flexibility index (Phi) is 4.52. The van der Waals surface area contributed by atoms with Crippen molar-refractivity contribution in [2.45, 2.75) is 12.6 Å². The first-order valence-electron chi connectivity index (χ1n) is 5.55. The van der Waals surface area contributed by atoms with Crippen molar-refractivity contribution in [2.75, 3.05) is 5.32 Å². The van der Waals surface area contributed by atoms with Gasteiger partial charge in [-0.15, -0.1) is 11.3 Å². The van der Waals surface area contributed by atoms with E-state index in [4.69, 9.17) is 5.11 Å². The minimum absolute atomic E-state index is 0.137. The summed E-state index contributed by atoms with van der Waals surface area (Å²) in [5.41, 5.74) is -0.672. The fraction of sp³-hybridized carbons (Fsp3) is 0.167. The monoisotopic (exact) mass is 380 g/mol. The molecule has 4 nitrogen and oxygen atoms in total. The van der Waals surface area contributed by atoms with Gasteiger partial charge in [-0.2, -0.15) is 13.2 Å². The van der Waals surface area contributed by atoms with Crippen LogP contribution >= 0.6 is 27.3 Å². The van der Waals surface area contributed by atoms with Crippen LogP contribution in [0.3, 0.4) is 0 Å². The molecule has 0 aliphatic carbocycles. The molecule has 0 amide bonds. The van der Waals surface area contributed by atoms with Crippen molar-refractivity contribution in [3.8, 4) is 0 Å². The zero-order valence-corrected chi connectivity index (χ0v) is 12.6.